The molecule has 29 heavy (non-hydrogen) atoms. The van der Waals surface area contributed by atoms with E-state index in [2.05, 4.69) is 115 Å². The maximum absolute atomic E-state index is 7.22. The van der Waals surface area contributed by atoms with Crippen LogP contribution >= 0.6 is 0 Å². The molecule has 1 aliphatic rings. The summed E-state index contributed by atoms with van der Waals surface area (Å²) >= 11 is 0. The molecule has 0 N–H and O–H groups in total. The van der Waals surface area contributed by atoms with Gasteiger partial charge in [-0.25, -0.2) is 0 Å². The molecule has 0 saturated carbocycles. The van der Waals surface area contributed by atoms with Gasteiger partial charge in [-0.1, -0.05) is 119 Å². The molecule has 0 fully saturated rings. The molecule has 1 atom stereocenters. The molecule has 0 heterocycles. The highest BCUT2D eigenvalue weighted by Crippen LogP contribution is 2.45. The summed E-state index contributed by atoms with van der Waals surface area (Å²) in [7, 11) is -2.50. The maximum atomic E-state index is 7.22. The summed E-state index contributed by atoms with van der Waals surface area (Å²) < 4.78 is 7.22. The van der Waals surface area contributed by atoms with Gasteiger partial charge in [-0.15, -0.1) is 0 Å². The van der Waals surface area contributed by atoms with Crippen LogP contribution in [0.25, 0.3) is 0 Å². The van der Waals surface area contributed by atoms with E-state index in [9.17, 15) is 0 Å². The Bertz CT molecular complexity index is 832. The summed E-state index contributed by atoms with van der Waals surface area (Å²) in [4.78, 5) is 0. The third kappa shape index (κ3) is 3.93. The lowest BCUT2D eigenvalue weighted by Crippen LogP contribution is -2.67. The fourth-order valence-electron chi connectivity index (χ4n) is 4.81. The van der Waals surface area contributed by atoms with Crippen molar-refractivity contribution < 1.29 is 4.43 Å². The third-order valence-corrected chi connectivity index (χ3v) is 11.9. The summed E-state index contributed by atoms with van der Waals surface area (Å²) in [6.45, 7) is 19.0. The average molecular weight is 405 g/mol. The smallest absolute Gasteiger partial charge is 0.261 e. The van der Waals surface area contributed by atoms with Gasteiger partial charge in [0.05, 0.1) is 0 Å². The second kappa shape index (κ2) is 8.08. The first-order valence-electron chi connectivity index (χ1n) is 10.7. The molecule has 154 valence electrons. The molecule has 0 unspecified atom stereocenters. The number of benzene rings is 2. The van der Waals surface area contributed by atoms with Crippen molar-refractivity contribution in [3.8, 4) is 0 Å². The van der Waals surface area contributed by atoms with Crippen LogP contribution in [0.4, 0.5) is 0 Å². The fraction of sp³-hybridized carbons (Fsp3) is 0.407. The van der Waals surface area contributed by atoms with Crippen molar-refractivity contribution in [3.63, 3.8) is 0 Å². The number of rotatable bonds is 5. The third-order valence-electron chi connectivity index (χ3n) is 6.89. The lowest BCUT2D eigenvalue weighted by molar-refractivity contribution is 0.171. The predicted octanol–water partition coefficient (Wildman–Crippen LogP) is 6.11. The standard InChI is InChI=1S/C27H36OSi/c1-21-18-19-22(2)27(6,7)25(21)20-28-29(26(3,4)5,23-14-10-8-11-15-23)24-16-12-9-13-17-24/h8-18,25H,2,19-20H2,1,3-7H3/t25-/m1/s1. The van der Waals surface area contributed by atoms with Crippen LogP contribution in [0.3, 0.4) is 0 Å². The van der Waals surface area contributed by atoms with Crippen molar-refractivity contribution in [3.05, 3.63) is 84.5 Å². The van der Waals surface area contributed by atoms with Crippen molar-refractivity contribution in [2.24, 2.45) is 11.3 Å². The Morgan fingerprint density at radius 3 is 1.90 bits per heavy atom. The average Bonchev–Trinajstić information content (AvgIpc) is 2.68. The van der Waals surface area contributed by atoms with E-state index in [4.69, 9.17) is 4.43 Å². The van der Waals surface area contributed by atoms with E-state index in [0.29, 0.717) is 5.92 Å². The molecule has 1 aliphatic carbocycles. The summed E-state index contributed by atoms with van der Waals surface area (Å²) in [6, 6.07) is 21.8. The van der Waals surface area contributed by atoms with E-state index < -0.39 is 8.32 Å². The van der Waals surface area contributed by atoms with Crippen LogP contribution in [-0.2, 0) is 4.43 Å². The van der Waals surface area contributed by atoms with Gasteiger partial charge in [0, 0.05) is 12.5 Å². The van der Waals surface area contributed by atoms with Crippen LogP contribution in [-0.4, -0.2) is 14.9 Å². The van der Waals surface area contributed by atoms with Crippen molar-refractivity contribution in [2.45, 2.75) is 53.0 Å². The Hall–Kier alpha value is -1.90. The van der Waals surface area contributed by atoms with Gasteiger partial charge in [0.15, 0.2) is 0 Å². The zero-order valence-corrected chi connectivity index (χ0v) is 20.0. The first-order valence-corrected chi connectivity index (χ1v) is 12.6. The van der Waals surface area contributed by atoms with E-state index in [1.165, 1.54) is 21.5 Å². The van der Waals surface area contributed by atoms with Crippen molar-refractivity contribution in [1.29, 1.82) is 0 Å². The minimum Gasteiger partial charge on any atom is -0.407 e. The molecule has 2 aromatic rings. The van der Waals surface area contributed by atoms with E-state index in [1.807, 2.05) is 0 Å². The number of hydrogen-bond donors (Lipinski definition) is 0. The molecule has 0 saturated heterocycles. The molecule has 3 rings (SSSR count). The van der Waals surface area contributed by atoms with Gasteiger partial charge in [0.25, 0.3) is 8.32 Å². The SMILES string of the molecule is C=C1CC=C(C)[C@@H](CO[Si](c2ccccc2)(c2ccccc2)C(C)(C)C)C1(C)C. The Balaban J connectivity index is 2.11. The normalized spacial score (nSPS) is 19.7. The molecule has 2 aromatic carbocycles. The molecule has 0 aromatic heterocycles. The second-order valence-corrected chi connectivity index (χ2v) is 14.3. The zero-order chi connectivity index (χ0) is 21.3. The Morgan fingerprint density at radius 2 is 1.45 bits per heavy atom. The molecule has 0 radical (unpaired) electrons. The van der Waals surface area contributed by atoms with Crippen molar-refractivity contribution in [2.75, 3.05) is 6.61 Å². The van der Waals surface area contributed by atoms with Gasteiger partial charge >= 0.3 is 0 Å². The van der Waals surface area contributed by atoms with Crippen LogP contribution in [0.2, 0.25) is 5.04 Å². The summed E-state index contributed by atoms with van der Waals surface area (Å²) in [6.07, 6.45) is 3.32. The highest BCUT2D eigenvalue weighted by molar-refractivity contribution is 6.99. The van der Waals surface area contributed by atoms with Gasteiger partial charge in [-0.2, -0.15) is 0 Å². The van der Waals surface area contributed by atoms with Gasteiger partial charge in [0.2, 0.25) is 0 Å². The minimum absolute atomic E-state index is 0.00312. The Kier molecular flexibility index (Phi) is 6.07. The van der Waals surface area contributed by atoms with Crippen LogP contribution in [0, 0.1) is 11.3 Å². The Labute approximate surface area is 178 Å². The molecule has 0 spiro atoms. The van der Waals surface area contributed by atoms with Crippen LogP contribution in [0.15, 0.2) is 84.5 Å². The molecular weight excluding hydrogens is 368 g/mol. The van der Waals surface area contributed by atoms with Crippen molar-refractivity contribution in [1.82, 2.24) is 0 Å². The number of allylic oxidation sites excluding steroid dienone is 2. The summed E-state index contributed by atoms with van der Waals surface area (Å²) in [5, 5.41) is 2.68. The summed E-state index contributed by atoms with van der Waals surface area (Å²) in [5.41, 5.74) is 2.78. The van der Waals surface area contributed by atoms with Gasteiger partial charge in [-0.05, 0) is 34.2 Å². The van der Waals surface area contributed by atoms with E-state index >= 15 is 0 Å². The van der Waals surface area contributed by atoms with Crippen LogP contribution in [0.1, 0.15) is 48.0 Å². The van der Waals surface area contributed by atoms with Crippen LogP contribution in [0.5, 0.6) is 0 Å². The van der Waals surface area contributed by atoms with E-state index in [-0.39, 0.29) is 10.5 Å². The van der Waals surface area contributed by atoms with Gasteiger partial charge in [0.1, 0.15) is 0 Å². The zero-order valence-electron chi connectivity index (χ0n) is 19.0. The first kappa shape index (κ1) is 21.8. The molecule has 0 amide bonds. The highest BCUT2D eigenvalue weighted by Gasteiger charge is 2.51. The lowest BCUT2D eigenvalue weighted by Gasteiger charge is -2.46. The van der Waals surface area contributed by atoms with Crippen LogP contribution < -0.4 is 10.4 Å². The van der Waals surface area contributed by atoms with E-state index in [1.54, 1.807) is 0 Å². The van der Waals surface area contributed by atoms with Gasteiger partial charge < -0.3 is 4.43 Å². The first-order chi connectivity index (χ1) is 13.6. The van der Waals surface area contributed by atoms with E-state index in [0.717, 1.165) is 13.0 Å². The maximum Gasteiger partial charge on any atom is 0.261 e. The highest BCUT2D eigenvalue weighted by atomic mass is 28.4. The molecule has 1 nitrogen and oxygen atoms in total. The van der Waals surface area contributed by atoms with Gasteiger partial charge in [-0.3, -0.25) is 0 Å². The number of hydrogen-bond acceptors (Lipinski definition) is 1. The topological polar surface area (TPSA) is 9.23 Å². The summed E-state index contributed by atoms with van der Waals surface area (Å²) in [5.74, 6) is 0.352. The fourth-order valence-corrected chi connectivity index (χ4v) is 9.39. The molecule has 0 aliphatic heterocycles. The molecular formula is C27H36OSi. The molecule has 0 bridgehead atoms. The quantitative estimate of drug-likeness (QED) is 0.431. The minimum atomic E-state index is -2.50. The second-order valence-electron chi connectivity index (χ2n) is 10.0. The Morgan fingerprint density at radius 1 is 0.966 bits per heavy atom. The largest absolute Gasteiger partial charge is 0.407 e. The van der Waals surface area contributed by atoms with Crippen molar-refractivity contribution >= 4 is 18.7 Å². The molecule has 2 heteroatoms. The monoisotopic (exact) mass is 404 g/mol. The lowest BCUT2D eigenvalue weighted by atomic mass is 9.66. The predicted molar refractivity (Wildman–Crippen MR) is 128 cm³/mol.